The van der Waals surface area contributed by atoms with Crippen molar-refractivity contribution < 1.29 is 4.42 Å². The van der Waals surface area contributed by atoms with Crippen LogP contribution in [-0.4, -0.2) is 9.78 Å². The highest BCUT2D eigenvalue weighted by molar-refractivity contribution is 6.31. The number of nitrogens with zero attached hydrogens (tertiary/aromatic N) is 2. The SMILES string of the molecule is Cc1ccc(CNc2cc(Cl)ccc2-n2cccn2)o1. The van der Waals surface area contributed by atoms with Crippen LogP contribution < -0.4 is 5.32 Å². The van der Waals surface area contributed by atoms with Gasteiger partial charge in [0, 0.05) is 17.4 Å². The molecule has 0 saturated carbocycles. The molecule has 0 fully saturated rings. The third-order valence-corrected chi connectivity index (χ3v) is 3.19. The van der Waals surface area contributed by atoms with Crippen molar-refractivity contribution in [1.29, 1.82) is 0 Å². The van der Waals surface area contributed by atoms with Gasteiger partial charge in [-0.1, -0.05) is 11.6 Å². The summed E-state index contributed by atoms with van der Waals surface area (Å²) in [5.74, 6) is 1.79. The Kier molecular flexibility index (Phi) is 3.48. The largest absolute Gasteiger partial charge is 0.465 e. The van der Waals surface area contributed by atoms with Gasteiger partial charge in [0.05, 0.1) is 17.9 Å². The second kappa shape index (κ2) is 5.43. The lowest BCUT2D eigenvalue weighted by molar-refractivity contribution is 0.490. The van der Waals surface area contributed by atoms with Crippen molar-refractivity contribution in [2.45, 2.75) is 13.5 Å². The highest BCUT2D eigenvalue weighted by atomic mass is 35.5. The van der Waals surface area contributed by atoms with Crippen LogP contribution in [-0.2, 0) is 6.54 Å². The van der Waals surface area contributed by atoms with Crippen LogP contribution in [0, 0.1) is 6.92 Å². The Hall–Kier alpha value is -2.20. The highest BCUT2D eigenvalue weighted by Crippen LogP contribution is 2.24. The average molecular weight is 288 g/mol. The average Bonchev–Trinajstić information content (AvgIpc) is 3.08. The molecule has 3 aromatic rings. The van der Waals surface area contributed by atoms with Crippen molar-refractivity contribution >= 4 is 17.3 Å². The number of furan rings is 1. The summed E-state index contributed by atoms with van der Waals surface area (Å²) in [6.45, 7) is 2.53. The lowest BCUT2D eigenvalue weighted by atomic mass is 10.2. The van der Waals surface area contributed by atoms with Gasteiger partial charge in [0.15, 0.2) is 0 Å². The predicted octanol–water partition coefficient (Wildman–Crippen LogP) is 4.04. The summed E-state index contributed by atoms with van der Waals surface area (Å²) < 4.78 is 7.35. The lowest BCUT2D eigenvalue weighted by Crippen LogP contribution is -2.04. The van der Waals surface area contributed by atoms with Gasteiger partial charge in [-0.15, -0.1) is 0 Å². The molecule has 0 amide bonds. The first-order valence-corrected chi connectivity index (χ1v) is 6.69. The van der Waals surface area contributed by atoms with E-state index in [2.05, 4.69) is 10.4 Å². The number of aryl methyl sites for hydroxylation is 1. The number of rotatable bonds is 4. The van der Waals surface area contributed by atoms with E-state index in [4.69, 9.17) is 16.0 Å². The number of halogens is 1. The maximum atomic E-state index is 6.07. The maximum absolute atomic E-state index is 6.07. The molecular formula is C15H14ClN3O. The van der Waals surface area contributed by atoms with Gasteiger partial charge in [-0.3, -0.25) is 0 Å². The number of anilines is 1. The van der Waals surface area contributed by atoms with Crippen LogP contribution in [0.3, 0.4) is 0 Å². The van der Waals surface area contributed by atoms with Gasteiger partial charge in [-0.05, 0) is 43.3 Å². The Balaban J connectivity index is 1.86. The number of hydrogen-bond acceptors (Lipinski definition) is 3. The molecule has 0 aliphatic heterocycles. The van der Waals surface area contributed by atoms with Crippen LogP contribution in [0.2, 0.25) is 5.02 Å². The molecule has 102 valence electrons. The minimum absolute atomic E-state index is 0.600. The van der Waals surface area contributed by atoms with E-state index in [0.717, 1.165) is 22.9 Å². The quantitative estimate of drug-likeness (QED) is 0.787. The Bertz CT molecular complexity index is 704. The lowest BCUT2D eigenvalue weighted by Gasteiger charge is -2.11. The van der Waals surface area contributed by atoms with E-state index in [1.165, 1.54) is 0 Å². The zero-order valence-corrected chi connectivity index (χ0v) is 11.8. The van der Waals surface area contributed by atoms with Crippen molar-refractivity contribution in [1.82, 2.24) is 9.78 Å². The van der Waals surface area contributed by atoms with Crippen molar-refractivity contribution in [2.75, 3.05) is 5.32 Å². The zero-order chi connectivity index (χ0) is 13.9. The number of nitrogens with one attached hydrogen (secondary N) is 1. The van der Waals surface area contributed by atoms with Crippen LogP contribution in [0.25, 0.3) is 5.69 Å². The molecule has 1 N–H and O–H groups in total. The maximum Gasteiger partial charge on any atom is 0.123 e. The van der Waals surface area contributed by atoms with E-state index in [-0.39, 0.29) is 0 Å². The molecule has 0 radical (unpaired) electrons. The Labute approximate surface area is 122 Å². The van der Waals surface area contributed by atoms with E-state index < -0.39 is 0 Å². The summed E-state index contributed by atoms with van der Waals surface area (Å²) in [5, 5.41) is 8.26. The van der Waals surface area contributed by atoms with Crippen molar-refractivity contribution in [3.05, 3.63) is 65.3 Å². The standard InChI is InChI=1S/C15H14ClN3O/c1-11-3-5-13(20-11)10-17-14-9-12(16)4-6-15(14)19-8-2-7-18-19/h2-9,17H,10H2,1H3. The van der Waals surface area contributed by atoms with Crippen LogP contribution in [0.15, 0.2) is 53.2 Å². The second-order valence-electron chi connectivity index (χ2n) is 4.48. The molecule has 20 heavy (non-hydrogen) atoms. The smallest absolute Gasteiger partial charge is 0.123 e. The van der Waals surface area contributed by atoms with Gasteiger partial charge in [-0.25, -0.2) is 4.68 Å². The van der Waals surface area contributed by atoms with Crippen molar-refractivity contribution in [3.63, 3.8) is 0 Å². The Morgan fingerprint density at radius 3 is 2.90 bits per heavy atom. The molecule has 0 aliphatic carbocycles. The molecule has 3 rings (SSSR count). The first-order chi connectivity index (χ1) is 9.72. The van der Waals surface area contributed by atoms with Crippen LogP contribution in [0.4, 0.5) is 5.69 Å². The van der Waals surface area contributed by atoms with E-state index in [0.29, 0.717) is 11.6 Å². The summed E-state index contributed by atoms with van der Waals surface area (Å²) in [6, 6.07) is 11.5. The predicted molar refractivity (Wildman–Crippen MR) is 79.3 cm³/mol. The van der Waals surface area contributed by atoms with Crippen LogP contribution in [0.1, 0.15) is 11.5 Å². The van der Waals surface area contributed by atoms with E-state index in [9.17, 15) is 0 Å². The molecule has 2 heterocycles. The molecule has 1 aromatic carbocycles. The summed E-state index contributed by atoms with van der Waals surface area (Å²) in [5.41, 5.74) is 1.86. The minimum Gasteiger partial charge on any atom is -0.465 e. The van der Waals surface area contributed by atoms with E-state index >= 15 is 0 Å². The van der Waals surface area contributed by atoms with Crippen LogP contribution >= 0.6 is 11.6 Å². The molecule has 4 nitrogen and oxygen atoms in total. The third kappa shape index (κ3) is 2.70. The van der Waals surface area contributed by atoms with Crippen LogP contribution in [0.5, 0.6) is 0 Å². The van der Waals surface area contributed by atoms with Gasteiger partial charge >= 0.3 is 0 Å². The summed E-state index contributed by atoms with van der Waals surface area (Å²) in [6.07, 6.45) is 3.64. The first-order valence-electron chi connectivity index (χ1n) is 6.31. The van der Waals surface area contributed by atoms with Crippen molar-refractivity contribution in [2.24, 2.45) is 0 Å². The van der Waals surface area contributed by atoms with Gasteiger partial charge in [0.1, 0.15) is 11.5 Å². The highest BCUT2D eigenvalue weighted by Gasteiger charge is 2.07. The van der Waals surface area contributed by atoms with Gasteiger partial charge in [0.25, 0.3) is 0 Å². The molecule has 2 aromatic heterocycles. The Morgan fingerprint density at radius 1 is 1.30 bits per heavy atom. The normalized spacial score (nSPS) is 10.7. The molecule has 0 bridgehead atoms. The van der Waals surface area contributed by atoms with E-state index in [1.54, 1.807) is 10.9 Å². The molecule has 0 atom stereocenters. The molecule has 0 spiro atoms. The second-order valence-corrected chi connectivity index (χ2v) is 4.91. The minimum atomic E-state index is 0.600. The fourth-order valence-corrected chi connectivity index (χ4v) is 2.20. The van der Waals surface area contributed by atoms with Crippen molar-refractivity contribution in [3.8, 4) is 5.69 Å². The summed E-state index contributed by atoms with van der Waals surface area (Å²) >= 11 is 6.07. The molecule has 0 unspecified atom stereocenters. The first kappa shape index (κ1) is 12.8. The third-order valence-electron chi connectivity index (χ3n) is 2.96. The topological polar surface area (TPSA) is 43.0 Å². The molecule has 0 saturated heterocycles. The number of hydrogen-bond donors (Lipinski definition) is 1. The van der Waals surface area contributed by atoms with Gasteiger partial charge in [0.2, 0.25) is 0 Å². The Morgan fingerprint density at radius 2 is 2.20 bits per heavy atom. The summed E-state index contributed by atoms with van der Waals surface area (Å²) in [4.78, 5) is 0. The van der Waals surface area contributed by atoms with E-state index in [1.807, 2.05) is 49.5 Å². The molecule has 5 heteroatoms. The number of benzene rings is 1. The number of aromatic nitrogens is 2. The molecular weight excluding hydrogens is 274 g/mol. The molecule has 0 aliphatic rings. The summed E-state index contributed by atoms with van der Waals surface area (Å²) in [7, 11) is 0. The van der Waals surface area contributed by atoms with Gasteiger partial charge < -0.3 is 9.73 Å². The monoisotopic (exact) mass is 287 g/mol. The zero-order valence-electron chi connectivity index (χ0n) is 11.0. The fourth-order valence-electron chi connectivity index (χ4n) is 2.02. The van der Waals surface area contributed by atoms with Gasteiger partial charge in [-0.2, -0.15) is 5.10 Å². The fraction of sp³-hybridized carbons (Fsp3) is 0.133.